The lowest BCUT2D eigenvalue weighted by molar-refractivity contribution is -0.384. The number of hydrogen-bond donors (Lipinski definition) is 0. The number of carbonyl (C=O) groups excluding carboxylic acids is 1. The van der Waals surface area contributed by atoms with Gasteiger partial charge in [-0.2, -0.15) is 0 Å². The molecule has 2 rings (SSSR count). The highest BCUT2D eigenvalue weighted by Gasteiger charge is 2.16. The number of nitrogens with zero attached hydrogens (tertiary/aromatic N) is 3. The largest absolute Gasteiger partial charge is 0.545 e. The SMILES string of the molecule is O=C([O-])c1ccc(-n2ccnc2)c([N+](=O)[O-])c1. The molecule has 1 heterocycles. The number of nitro groups is 1. The second kappa shape index (κ2) is 4.05. The zero-order valence-corrected chi connectivity index (χ0v) is 8.44. The van der Waals surface area contributed by atoms with Crippen molar-refractivity contribution in [2.75, 3.05) is 0 Å². The topological polar surface area (TPSA) is 101 Å². The summed E-state index contributed by atoms with van der Waals surface area (Å²) in [4.78, 5) is 24.6. The molecule has 0 amide bonds. The van der Waals surface area contributed by atoms with Crippen LogP contribution in [0.4, 0.5) is 5.69 Å². The predicted molar refractivity (Wildman–Crippen MR) is 54.5 cm³/mol. The summed E-state index contributed by atoms with van der Waals surface area (Å²) < 4.78 is 1.43. The molecule has 0 saturated heterocycles. The molecule has 17 heavy (non-hydrogen) atoms. The highest BCUT2D eigenvalue weighted by atomic mass is 16.6. The number of carboxylic acid groups (broad SMARTS) is 1. The minimum atomic E-state index is -1.45. The van der Waals surface area contributed by atoms with Crippen LogP contribution < -0.4 is 5.11 Å². The molecule has 0 atom stereocenters. The van der Waals surface area contributed by atoms with E-state index in [-0.39, 0.29) is 16.9 Å². The second-order valence-electron chi connectivity index (χ2n) is 3.22. The number of aromatic nitrogens is 2. The fourth-order valence-corrected chi connectivity index (χ4v) is 1.42. The zero-order chi connectivity index (χ0) is 12.4. The summed E-state index contributed by atoms with van der Waals surface area (Å²) in [5, 5.41) is 21.5. The Labute approximate surface area is 95.1 Å². The van der Waals surface area contributed by atoms with Crippen molar-refractivity contribution in [3.8, 4) is 5.69 Å². The normalized spacial score (nSPS) is 10.1. The van der Waals surface area contributed by atoms with Gasteiger partial charge in [-0.25, -0.2) is 4.98 Å². The maximum Gasteiger partial charge on any atom is 0.293 e. The molecule has 7 nitrogen and oxygen atoms in total. The molecule has 2 aromatic rings. The van der Waals surface area contributed by atoms with Gasteiger partial charge in [-0.05, 0) is 6.07 Å². The third-order valence-electron chi connectivity index (χ3n) is 2.19. The number of rotatable bonds is 3. The van der Waals surface area contributed by atoms with Gasteiger partial charge in [-0.3, -0.25) is 10.1 Å². The number of imidazole rings is 1. The van der Waals surface area contributed by atoms with Gasteiger partial charge < -0.3 is 14.5 Å². The number of carbonyl (C=O) groups is 1. The van der Waals surface area contributed by atoms with E-state index in [9.17, 15) is 20.0 Å². The molecule has 0 fully saturated rings. The highest BCUT2D eigenvalue weighted by molar-refractivity contribution is 5.87. The Morgan fingerprint density at radius 1 is 1.41 bits per heavy atom. The second-order valence-corrected chi connectivity index (χ2v) is 3.22. The highest BCUT2D eigenvalue weighted by Crippen LogP contribution is 2.23. The quantitative estimate of drug-likeness (QED) is 0.553. The smallest absolute Gasteiger partial charge is 0.293 e. The van der Waals surface area contributed by atoms with Crippen LogP contribution in [0.1, 0.15) is 10.4 Å². The summed E-state index contributed by atoms with van der Waals surface area (Å²) in [6.07, 6.45) is 4.39. The molecule has 1 aromatic carbocycles. The van der Waals surface area contributed by atoms with Crippen LogP contribution in [0.5, 0.6) is 0 Å². The van der Waals surface area contributed by atoms with Gasteiger partial charge in [-0.15, -0.1) is 0 Å². The Morgan fingerprint density at radius 2 is 2.18 bits per heavy atom. The Morgan fingerprint density at radius 3 is 2.71 bits per heavy atom. The fourth-order valence-electron chi connectivity index (χ4n) is 1.42. The van der Waals surface area contributed by atoms with Gasteiger partial charge >= 0.3 is 0 Å². The molecule has 0 spiro atoms. The first kappa shape index (κ1) is 10.8. The molecule has 0 aliphatic heterocycles. The van der Waals surface area contributed by atoms with E-state index < -0.39 is 10.9 Å². The summed E-state index contributed by atoms with van der Waals surface area (Å²) in [5.41, 5.74) is -0.303. The first-order chi connectivity index (χ1) is 8.09. The lowest BCUT2D eigenvalue weighted by Crippen LogP contribution is -2.22. The van der Waals surface area contributed by atoms with E-state index in [0.29, 0.717) is 0 Å². The van der Waals surface area contributed by atoms with Crippen LogP contribution in [0.3, 0.4) is 0 Å². The Bertz CT molecular complexity index is 577. The first-order valence-electron chi connectivity index (χ1n) is 4.57. The first-order valence-corrected chi connectivity index (χ1v) is 4.57. The van der Waals surface area contributed by atoms with E-state index in [1.54, 1.807) is 0 Å². The number of nitro benzene ring substituents is 1. The van der Waals surface area contributed by atoms with Crippen LogP contribution in [-0.2, 0) is 0 Å². The van der Waals surface area contributed by atoms with Gasteiger partial charge in [0.05, 0.1) is 17.2 Å². The van der Waals surface area contributed by atoms with Gasteiger partial charge in [0.15, 0.2) is 0 Å². The van der Waals surface area contributed by atoms with Crippen molar-refractivity contribution in [1.29, 1.82) is 0 Å². The van der Waals surface area contributed by atoms with Gasteiger partial charge in [0.1, 0.15) is 5.69 Å². The average molecular weight is 232 g/mol. The molecule has 7 heteroatoms. The molecule has 86 valence electrons. The standard InChI is InChI=1S/C10H7N3O4/c14-10(15)7-1-2-8(9(5-7)13(16)17)12-4-3-11-6-12/h1-6H,(H,14,15)/p-1. The number of carboxylic acids is 1. The van der Waals surface area contributed by atoms with E-state index in [4.69, 9.17) is 0 Å². The minimum Gasteiger partial charge on any atom is -0.545 e. The van der Waals surface area contributed by atoms with Crippen LogP contribution in [0.2, 0.25) is 0 Å². The summed E-state index contributed by atoms with van der Waals surface area (Å²) in [5.74, 6) is -1.45. The maximum atomic E-state index is 10.9. The van der Waals surface area contributed by atoms with E-state index in [1.165, 1.54) is 35.4 Å². The van der Waals surface area contributed by atoms with E-state index >= 15 is 0 Å². The molecule has 0 radical (unpaired) electrons. The fraction of sp³-hybridized carbons (Fsp3) is 0. The molecular formula is C10H6N3O4-. The molecule has 0 N–H and O–H groups in total. The van der Waals surface area contributed by atoms with Crippen LogP contribution >= 0.6 is 0 Å². The van der Waals surface area contributed by atoms with Crippen molar-refractivity contribution in [3.63, 3.8) is 0 Å². The van der Waals surface area contributed by atoms with Crippen molar-refractivity contribution < 1.29 is 14.8 Å². The number of aromatic carboxylic acids is 1. The van der Waals surface area contributed by atoms with Crippen molar-refractivity contribution in [2.45, 2.75) is 0 Å². The number of benzene rings is 1. The molecule has 0 aliphatic carbocycles. The Kier molecular flexibility index (Phi) is 2.57. The molecule has 0 unspecified atom stereocenters. The van der Waals surface area contributed by atoms with Crippen LogP contribution in [0, 0.1) is 10.1 Å². The van der Waals surface area contributed by atoms with Crippen molar-refractivity contribution in [2.24, 2.45) is 0 Å². The predicted octanol–water partition coefficient (Wildman–Crippen LogP) is 0.144. The lowest BCUT2D eigenvalue weighted by Gasteiger charge is -2.06. The Hall–Kier alpha value is -2.70. The van der Waals surface area contributed by atoms with Crippen LogP contribution in [0.15, 0.2) is 36.9 Å². The molecule has 0 aliphatic rings. The van der Waals surface area contributed by atoms with Gasteiger partial charge in [0.2, 0.25) is 0 Å². The van der Waals surface area contributed by atoms with E-state index in [1.807, 2.05) is 0 Å². The Balaban J connectivity index is 2.61. The van der Waals surface area contributed by atoms with Gasteiger partial charge in [0.25, 0.3) is 5.69 Å². The monoisotopic (exact) mass is 232 g/mol. The summed E-state index contributed by atoms with van der Waals surface area (Å²) in [6.45, 7) is 0. The molecule has 0 saturated carbocycles. The molecular weight excluding hydrogens is 226 g/mol. The summed E-state index contributed by atoms with van der Waals surface area (Å²) in [7, 11) is 0. The van der Waals surface area contributed by atoms with Gasteiger partial charge in [0, 0.05) is 24.0 Å². The molecule has 1 aromatic heterocycles. The van der Waals surface area contributed by atoms with Crippen LogP contribution in [-0.4, -0.2) is 20.4 Å². The van der Waals surface area contributed by atoms with Crippen molar-refractivity contribution in [1.82, 2.24) is 9.55 Å². The average Bonchev–Trinajstić information content (AvgIpc) is 2.81. The van der Waals surface area contributed by atoms with Crippen molar-refractivity contribution >= 4 is 11.7 Å². The van der Waals surface area contributed by atoms with Crippen molar-refractivity contribution in [3.05, 3.63) is 52.6 Å². The van der Waals surface area contributed by atoms with Crippen LogP contribution in [0.25, 0.3) is 5.69 Å². The summed E-state index contributed by atoms with van der Waals surface area (Å²) >= 11 is 0. The van der Waals surface area contributed by atoms with E-state index in [2.05, 4.69) is 4.98 Å². The third kappa shape index (κ3) is 1.98. The lowest BCUT2D eigenvalue weighted by atomic mass is 10.1. The maximum absolute atomic E-state index is 10.9. The zero-order valence-electron chi connectivity index (χ0n) is 8.44. The van der Waals surface area contributed by atoms with E-state index in [0.717, 1.165) is 6.07 Å². The number of hydrogen-bond acceptors (Lipinski definition) is 5. The molecule has 0 bridgehead atoms. The van der Waals surface area contributed by atoms with Gasteiger partial charge in [-0.1, -0.05) is 6.07 Å². The minimum absolute atomic E-state index is 0.236. The summed E-state index contributed by atoms with van der Waals surface area (Å²) in [6, 6.07) is 3.55. The third-order valence-corrected chi connectivity index (χ3v) is 2.19.